The number of carbonyl (C=O) groups excluding carboxylic acids is 2. The topological polar surface area (TPSA) is 80.2 Å². The summed E-state index contributed by atoms with van der Waals surface area (Å²) in [5.74, 6) is -0.321. The summed E-state index contributed by atoms with van der Waals surface area (Å²) >= 11 is 0. The van der Waals surface area contributed by atoms with E-state index in [1.54, 1.807) is 55.5 Å². The Morgan fingerprint density at radius 2 is 1.72 bits per heavy atom. The van der Waals surface area contributed by atoms with E-state index in [4.69, 9.17) is 9.47 Å². The van der Waals surface area contributed by atoms with Crippen molar-refractivity contribution in [3.8, 4) is 11.5 Å². The van der Waals surface area contributed by atoms with Gasteiger partial charge in [0.1, 0.15) is 6.04 Å². The van der Waals surface area contributed by atoms with Crippen LogP contribution in [0.4, 0.5) is 5.69 Å². The fourth-order valence-corrected chi connectivity index (χ4v) is 2.34. The lowest BCUT2D eigenvalue weighted by Crippen LogP contribution is -2.56. The predicted octanol–water partition coefficient (Wildman–Crippen LogP) is 1.94. The first-order valence-corrected chi connectivity index (χ1v) is 7.69. The zero-order valence-electron chi connectivity index (χ0n) is 13.8. The normalized spacial score (nSPS) is 16.7. The van der Waals surface area contributed by atoms with Gasteiger partial charge in [0.2, 0.25) is 5.84 Å². The number of amidine groups is 1. The molecule has 2 aromatic carbocycles. The van der Waals surface area contributed by atoms with Crippen molar-refractivity contribution in [2.45, 2.75) is 13.0 Å². The van der Waals surface area contributed by atoms with Gasteiger partial charge in [-0.1, -0.05) is 30.3 Å². The number of hydrogen-bond acceptors (Lipinski definition) is 6. The zero-order valence-corrected chi connectivity index (χ0v) is 13.8. The lowest BCUT2D eigenvalue weighted by molar-refractivity contribution is -0.127. The van der Waals surface area contributed by atoms with Crippen LogP contribution in [-0.2, 0) is 9.59 Å². The summed E-state index contributed by atoms with van der Waals surface area (Å²) in [6.45, 7) is 1.62. The van der Waals surface area contributed by atoms with Gasteiger partial charge in [-0.15, -0.1) is 0 Å². The summed E-state index contributed by atoms with van der Waals surface area (Å²) in [4.78, 5) is 28.9. The summed E-state index contributed by atoms with van der Waals surface area (Å²) < 4.78 is 10.5. The lowest BCUT2D eigenvalue weighted by atomic mass is 10.2. The molecule has 1 amide bonds. The molecule has 0 saturated carbocycles. The minimum atomic E-state index is -0.707. The molecule has 0 radical (unpaired) electrons. The maximum absolute atomic E-state index is 12.5. The maximum Gasteiger partial charge on any atom is 0.380 e. The van der Waals surface area contributed by atoms with E-state index in [2.05, 4.69) is 10.4 Å². The first-order valence-electron chi connectivity index (χ1n) is 7.69. The van der Waals surface area contributed by atoms with Gasteiger partial charge in [-0.3, -0.25) is 10.2 Å². The number of ether oxygens (including phenoxy) is 2. The lowest BCUT2D eigenvalue weighted by Gasteiger charge is -2.30. The first kappa shape index (κ1) is 16.5. The number of para-hydroxylation sites is 3. The summed E-state index contributed by atoms with van der Waals surface area (Å²) in [5.41, 5.74) is 3.33. The second kappa shape index (κ2) is 7.04. The van der Waals surface area contributed by atoms with Crippen LogP contribution < -0.4 is 19.9 Å². The minimum Gasteiger partial charge on any atom is -0.493 e. The van der Waals surface area contributed by atoms with Gasteiger partial charge in [0.05, 0.1) is 12.8 Å². The average Bonchev–Trinajstić information content (AvgIpc) is 2.65. The van der Waals surface area contributed by atoms with E-state index in [0.29, 0.717) is 11.4 Å². The molecule has 128 valence electrons. The van der Waals surface area contributed by atoms with E-state index in [9.17, 15) is 9.59 Å². The molecule has 25 heavy (non-hydrogen) atoms. The number of esters is 1. The quantitative estimate of drug-likeness (QED) is 0.680. The fraction of sp³-hybridized carbons (Fsp3) is 0.167. The van der Waals surface area contributed by atoms with Crippen molar-refractivity contribution >= 4 is 23.4 Å². The Morgan fingerprint density at radius 1 is 1.08 bits per heavy atom. The molecule has 7 heteroatoms. The number of rotatable bonds is 4. The molecule has 1 N–H and O–H groups in total. The van der Waals surface area contributed by atoms with Gasteiger partial charge in [0, 0.05) is 0 Å². The van der Waals surface area contributed by atoms with Gasteiger partial charge in [-0.2, -0.15) is 0 Å². The van der Waals surface area contributed by atoms with Gasteiger partial charge in [-0.25, -0.2) is 14.8 Å². The van der Waals surface area contributed by atoms with E-state index in [1.807, 2.05) is 6.07 Å². The summed E-state index contributed by atoms with van der Waals surface area (Å²) in [5, 5.41) is 1.29. The molecule has 7 nitrogen and oxygen atoms in total. The largest absolute Gasteiger partial charge is 0.493 e. The molecule has 1 aliphatic rings. The molecule has 1 atom stereocenters. The molecule has 1 heterocycles. The number of hydrogen-bond donors (Lipinski definition) is 1. The monoisotopic (exact) mass is 339 g/mol. The molecule has 3 rings (SSSR count). The highest BCUT2D eigenvalue weighted by Crippen LogP contribution is 2.26. The molecule has 0 fully saturated rings. The molecule has 0 aromatic heterocycles. The molecule has 2 aromatic rings. The number of nitrogens with one attached hydrogen (secondary N) is 1. The Morgan fingerprint density at radius 3 is 2.40 bits per heavy atom. The minimum absolute atomic E-state index is 0.0538. The number of benzene rings is 2. The number of carbonyl (C=O) groups is 2. The average molecular weight is 339 g/mol. The van der Waals surface area contributed by atoms with E-state index >= 15 is 0 Å². The van der Waals surface area contributed by atoms with Crippen LogP contribution >= 0.6 is 0 Å². The van der Waals surface area contributed by atoms with Gasteiger partial charge in [0.15, 0.2) is 11.5 Å². The maximum atomic E-state index is 12.5. The number of methoxy groups -OCH3 is 1. The van der Waals surface area contributed by atoms with Crippen molar-refractivity contribution in [1.82, 2.24) is 5.43 Å². The molecule has 0 saturated heterocycles. The Labute approximate surface area is 144 Å². The predicted molar refractivity (Wildman–Crippen MR) is 92.6 cm³/mol. The smallest absolute Gasteiger partial charge is 0.380 e. The molecular weight excluding hydrogens is 322 g/mol. The second-order valence-corrected chi connectivity index (χ2v) is 5.32. The van der Waals surface area contributed by atoms with E-state index < -0.39 is 12.0 Å². The van der Waals surface area contributed by atoms with Crippen molar-refractivity contribution in [3.05, 3.63) is 54.6 Å². The Balaban J connectivity index is 1.83. The van der Waals surface area contributed by atoms with Crippen molar-refractivity contribution in [2.75, 3.05) is 12.1 Å². The summed E-state index contributed by atoms with van der Waals surface area (Å²) in [6, 6.07) is 15.0. The molecule has 0 spiro atoms. The Bertz CT molecular complexity index is 820. The molecule has 1 unspecified atom stereocenters. The molecule has 0 aliphatic carbocycles. The van der Waals surface area contributed by atoms with Crippen LogP contribution in [-0.4, -0.2) is 30.9 Å². The van der Waals surface area contributed by atoms with Crippen molar-refractivity contribution < 1.29 is 19.1 Å². The summed E-state index contributed by atoms with van der Waals surface area (Å²) in [7, 11) is 1.49. The third-order valence-corrected chi connectivity index (χ3v) is 3.60. The molecular formula is C18H17N3O4. The van der Waals surface area contributed by atoms with Crippen LogP contribution in [0.25, 0.3) is 0 Å². The second-order valence-electron chi connectivity index (χ2n) is 5.32. The van der Waals surface area contributed by atoms with Crippen LogP contribution in [0, 0.1) is 0 Å². The fourth-order valence-electron chi connectivity index (χ4n) is 2.34. The van der Waals surface area contributed by atoms with Gasteiger partial charge < -0.3 is 9.47 Å². The SMILES string of the molecule is COc1ccccc1OC(=O)C1=NC(C)C(=O)N(c2ccccc2)N1. The standard InChI is InChI=1S/C18H17N3O4/c1-12-17(22)21(13-8-4-3-5-9-13)20-16(19-12)18(23)25-15-11-7-6-10-14(15)24-2/h3-12H,1-2H3,(H,19,20). The highest BCUT2D eigenvalue weighted by molar-refractivity contribution is 6.37. The van der Waals surface area contributed by atoms with Crippen molar-refractivity contribution in [2.24, 2.45) is 4.99 Å². The number of hydrazine groups is 1. The van der Waals surface area contributed by atoms with Crippen molar-refractivity contribution in [1.29, 1.82) is 0 Å². The molecule has 0 bridgehead atoms. The molecule has 1 aliphatic heterocycles. The van der Waals surface area contributed by atoms with Crippen LogP contribution in [0.5, 0.6) is 11.5 Å². The van der Waals surface area contributed by atoms with Crippen LogP contribution in [0.15, 0.2) is 59.6 Å². The highest BCUT2D eigenvalue weighted by atomic mass is 16.6. The van der Waals surface area contributed by atoms with Crippen LogP contribution in [0.1, 0.15) is 6.92 Å². The number of nitrogens with zero attached hydrogens (tertiary/aromatic N) is 2. The van der Waals surface area contributed by atoms with Gasteiger partial charge in [0.25, 0.3) is 5.91 Å². The van der Waals surface area contributed by atoms with E-state index in [1.165, 1.54) is 12.1 Å². The Hall–Kier alpha value is -3.35. The first-order chi connectivity index (χ1) is 12.1. The number of amides is 1. The van der Waals surface area contributed by atoms with Gasteiger partial charge >= 0.3 is 5.97 Å². The van der Waals surface area contributed by atoms with E-state index in [-0.39, 0.29) is 17.5 Å². The van der Waals surface area contributed by atoms with Gasteiger partial charge in [-0.05, 0) is 31.2 Å². The van der Waals surface area contributed by atoms with Crippen LogP contribution in [0.2, 0.25) is 0 Å². The summed E-state index contributed by atoms with van der Waals surface area (Å²) in [6.07, 6.45) is 0. The third-order valence-electron chi connectivity index (χ3n) is 3.60. The van der Waals surface area contributed by atoms with Crippen molar-refractivity contribution in [3.63, 3.8) is 0 Å². The van der Waals surface area contributed by atoms with E-state index in [0.717, 1.165) is 0 Å². The Kier molecular flexibility index (Phi) is 4.65. The van der Waals surface area contributed by atoms with Crippen LogP contribution in [0.3, 0.4) is 0 Å². The third kappa shape index (κ3) is 3.45. The number of anilines is 1. The highest BCUT2D eigenvalue weighted by Gasteiger charge is 2.31. The number of aliphatic imine (C=N–C) groups is 1. The zero-order chi connectivity index (χ0) is 17.8.